The molecule has 3 saturated carbocycles. The van der Waals surface area contributed by atoms with Crippen LogP contribution in [0.5, 0.6) is 0 Å². The SMILES string of the molecule is CCC1C(=O)C(C#N)=CC2(C)C3=CC(=O)C4C(CCC5(C(=O)n6ccnc6C)CCCCC45)C3(C)CCC12. The smallest absolute Gasteiger partial charge is 0.238 e. The van der Waals surface area contributed by atoms with Crippen LogP contribution in [0.25, 0.3) is 0 Å². The molecule has 5 aliphatic rings. The van der Waals surface area contributed by atoms with Crippen molar-refractivity contribution in [2.75, 3.05) is 0 Å². The van der Waals surface area contributed by atoms with Crippen molar-refractivity contribution in [1.29, 1.82) is 5.26 Å². The van der Waals surface area contributed by atoms with Crippen LogP contribution in [0.1, 0.15) is 89.2 Å². The van der Waals surface area contributed by atoms with E-state index in [1.165, 1.54) is 0 Å². The summed E-state index contributed by atoms with van der Waals surface area (Å²) in [5, 5.41) is 9.82. The summed E-state index contributed by atoms with van der Waals surface area (Å²) in [6, 6.07) is 2.18. The van der Waals surface area contributed by atoms with Crippen LogP contribution in [-0.4, -0.2) is 27.0 Å². The van der Waals surface area contributed by atoms with Crippen molar-refractivity contribution < 1.29 is 14.4 Å². The van der Waals surface area contributed by atoms with Gasteiger partial charge < -0.3 is 0 Å². The molecule has 1 aromatic rings. The van der Waals surface area contributed by atoms with Gasteiger partial charge in [-0.05, 0) is 81.1 Å². The molecule has 8 atom stereocenters. The number of hydrogen-bond acceptors (Lipinski definition) is 5. The van der Waals surface area contributed by atoms with E-state index in [1.54, 1.807) is 17.0 Å². The van der Waals surface area contributed by atoms with Crippen LogP contribution >= 0.6 is 0 Å². The Morgan fingerprint density at radius 2 is 1.87 bits per heavy atom. The summed E-state index contributed by atoms with van der Waals surface area (Å²) >= 11 is 0. The van der Waals surface area contributed by atoms with E-state index in [0.29, 0.717) is 12.2 Å². The molecule has 0 amide bonds. The molecular weight excluding hydrogens is 474 g/mol. The van der Waals surface area contributed by atoms with Gasteiger partial charge in [-0.25, -0.2) is 4.98 Å². The summed E-state index contributed by atoms with van der Waals surface area (Å²) in [6.45, 7) is 8.41. The van der Waals surface area contributed by atoms with Gasteiger partial charge in [0.2, 0.25) is 5.91 Å². The molecule has 0 saturated heterocycles. The molecule has 6 nitrogen and oxygen atoms in total. The van der Waals surface area contributed by atoms with Gasteiger partial charge in [0.15, 0.2) is 11.6 Å². The van der Waals surface area contributed by atoms with Crippen molar-refractivity contribution in [3.63, 3.8) is 0 Å². The quantitative estimate of drug-likeness (QED) is 0.482. The van der Waals surface area contributed by atoms with Gasteiger partial charge in [0.05, 0.1) is 11.0 Å². The van der Waals surface area contributed by atoms with Gasteiger partial charge in [-0.1, -0.05) is 45.3 Å². The number of Topliss-reactive ketones (excluding diaryl/α,β-unsaturated/α-hetero) is 1. The van der Waals surface area contributed by atoms with Crippen molar-refractivity contribution in [3.8, 4) is 6.07 Å². The topological polar surface area (TPSA) is 92.8 Å². The molecule has 3 fully saturated rings. The molecule has 38 heavy (non-hydrogen) atoms. The average molecular weight is 514 g/mol. The van der Waals surface area contributed by atoms with Crippen LogP contribution in [0.4, 0.5) is 0 Å². The lowest BCUT2D eigenvalue weighted by atomic mass is 9.40. The number of aromatic nitrogens is 2. The molecule has 0 aromatic carbocycles. The first-order valence-corrected chi connectivity index (χ1v) is 14.6. The van der Waals surface area contributed by atoms with Gasteiger partial charge in [-0.3, -0.25) is 19.0 Å². The fourth-order valence-electron chi connectivity index (χ4n) is 10.1. The Kier molecular flexibility index (Phi) is 5.76. The maximum atomic E-state index is 14.2. The highest BCUT2D eigenvalue weighted by atomic mass is 16.2. The lowest BCUT2D eigenvalue weighted by molar-refractivity contribution is -0.138. The zero-order valence-electron chi connectivity index (χ0n) is 23.1. The van der Waals surface area contributed by atoms with Gasteiger partial charge in [-0.2, -0.15) is 5.26 Å². The fourth-order valence-corrected chi connectivity index (χ4v) is 10.1. The molecule has 6 rings (SSSR count). The Hall–Kier alpha value is -2.81. The Bertz CT molecular complexity index is 1330. The zero-order valence-corrected chi connectivity index (χ0v) is 23.1. The van der Waals surface area contributed by atoms with Crippen molar-refractivity contribution in [2.45, 2.75) is 85.5 Å². The predicted molar refractivity (Wildman–Crippen MR) is 143 cm³/mol. The third kappa shape index (κ3) is 3.17. The summed E-state index contributed by atoms with van der Waals surface area (Å²) in [6.07, 6.45) is 15.4. The molecule has 8 unspecified atom stereocenters. The molecule has 0 bridgehead atoms. The van der Waals surface area contributed by atoms with E-state index >= 15 is 0 Å². The Labute approximate surface area is 225 Å². The highest BCUT2D eigenvalue weighted by Crippen LogP contribution is 2.68. The maximum Gasteiger partial charge on any atom is 0.238 e. The molecule has 0 aliphatic heterocycles. The van der Waals surface area contributed by atoms with Crippen molar-refractivity contribution in [1.82, 2.24) is 9.55 Å². The predicted octanol–water partition coefficient (Wildman–Crippen LogP) is 6.03. The minimum Gasteiger partial charge on any atom is -0.295 e. The van der Waals surface area contributed by atoms with Crippen molar-refractivity contribution in [3.05, 3.63) is 41.5 Å². The first-order chi connectivity index (χ1) is 18.1. The number of hydrogen-bond donors (Lipinski definition) is 0. The van der Waals surface area contributed by atoms with Crippen molar-refractivity contribution >= 4 is 17.5 Å². The van der Waals surface area contributed by atoms with Crippen molar-refractivity contribution in [2.24, 2.45) is 45.8 Å². The van der Waals surface area contributed by atoms with Gasteiger partial charge in [0.25, 0.3) is 0 Å². The summed E-state index contributed by atoms with van der Waals surface area (Å²) in [5.41, 5.74) is 0.217. The molecule has 6 heteroatoms. The third-order valence-corrected chi connectivity index (χ3v) is 11.8. The van der Waals surface area contributed by atoms with Crippen LogP contribution in [-0.2, 0) is 9.59 Å². The highest BCUT2D eigenvalue weighted by molar-refractivity contribution is 6.02. The van der Waals surface area contributed by atoms with Crippen LogP contribution in [0.15, 0.2) is 35.7 Å². The number of nitriles is 1. The maximum absolute atomic E-state index is 14.2. The van der Waals surface area contributed by atoms with Crippen LogP contribution in [0.3, 0.4) is 0 Å². The summed E-state index contributed by atoms with van der Waals surface area (Å²) in [4.78, 5) is 45.7. The van der Waals surface area contributed by atoms with E-state index in [0.717, 1.165) is 56.9 Å². The normalized spacial score (nSPS) is 42.0. The molecule has 0 spiro atoms. The number of nitrogens with zero attached hydrogens (tertiary/aromatic N) is 3. The number of allylic oxidation sites excluding steroid dienone is 4. The van der Waals surface area contributed by atoms with Gasteiger partial charge in [0.1, 0.15) is 11.9 Å². The molecule has 1 aromatic heterocycles. The zero-order chi connectivity index (χ0) is 27.0. The minimum absolute atomic E-state index is 0.0281. The molecule has 0 N–H and O–H groups in total. The molecular formula is C32H39N3O3. The number of fused-ring (bicyclic) bond motifs is 7. The van der Waals surface area contributed by atoms with Gasteiger partial charge in [0, 0.05) is 29.6 Å². The third-order valence-electron chi connectivity index (χ3n) is 11.8. The average Bonchev–Trinajstić information content (AvgIpc) is 3.34. The second-order valence-corrected chi connectivity index (χ2v) is 13.2. The first-order valence-electron chi connectivity index (χ1n) is 14.6. The van der Waals surface area contributed by atoms with Crippen LogP contribution < -0.4 is 0 Å². The number of aryl methyl sites for hydroxylation is 1. The lowest BCUT2D eigenvalue weighted by Gasteiger charge is -2.63. The monoisotopic (exact) mass is 513 g/mol. The Morgan fingerprint density at radius 3 is 2.55 bits per heavy atom. The number of carbonyl (C=O) groups excluding carboxylic acids is 3. The van der Waals surface area contributed by atoms with E-state index in [1.807, 2.05) is 26.0 Å². The van der Waals surface area contributed by atoms with Crippen LogP contribution in [0.2, 0.25) is 0 Å². The van der Waals surface area contributed by atoms with Gasteiger partial charge >= 0.3 is 0 Å². The summed E-state index contributed by atoms with van der Waals surface area (Å²) in [7, 11) is 0. The summed E-state index contributed by atoms with van der Waals surface area (Å²) in [5.74, 6) is 0.969. The molecule has 1 heterocycles. The van der Waals surface area contributed by atoms with Gasteiger partial charge in [-0.15, -0.1) is 0 Å². The number of carbonyl (C=O) groups is 3. The second-order valence-electron chi connectivity index (χ2n) is 13.2. The highest BCUT2D eigenvalue weighted by Gasteiger charge is 2.65. The minimum atomic E-state index is -0.512. The first kappa shape index (κ1) is 25.5. The number of rotatable bonds is 2. The number of ketones is 2. The van der Waals surface area contributed by atoms with E-state index in [9.17, 15) is 19.6 Å². The van der Waals surface area contributed by atoms with E-state index in [4.69, 9.17) is 0 Å². The summed E-state index contributed by atoms with van der Waals surface area (Å²) < 4.78 is 1.72. The van der Waals surface area contributed by atoms with E-state index in [-0.39, 0.29) is 58.1 Å². The standard InChI is InChI=1S/C32H39N3O3/c1-5-21-22-9-12-30(3)23-10-13-32(29(38)35-15-14-34-19(35)2)11-7-6-8-24(32)27(23)25(36)16-26(30)31(22,4)17-20(18-33)28(21)37/h14-17,21-24,27H,5-13H2,1-4H3. The van der Waals surface area contributed by atoms with Crippen LogP contribution in [0, 0.1) is 64.1 Å². The fraction of sp³-hybridized carbons (Fsp3) is 0.656. The second kappa shape index (κ2) is 8.60. The van der Waals surface area contributed by atoms with E-state index in [2.05, 4.69) is 24.9 Å². The van der Waals surface area contributed by atoms with E-state index < -0.39 is 10.8 Å². The largest absolute Gasteiger partial charge is 0.295 e. The molecule has 5 aliphatic carbocycles. The Balaban J connectivity index is 1.45. The number of imidazole rings is 1. The lowest BCUT2D eigenvalue weighted by Crippen LogP contribution is -2.60. The molecule has 0 radical (unpaired) electrons. The molecule has 200 valence electrons. The Morgan fingerprint density at radius 1 is 1.11 bits per heavy atom.